The van der Waals surface area contributed by atoms with Crippen LogP contribution < -0.4 is 0 Å². The van der Waals surface area contributed by atoms with Gasteiger partial charge in [-0.2, -0.15) is 0 Å². The molecule has 3 heteroatoms. The zero-order valence-corrected chi connectivity index (χ0v) is 10.8. The Labute approximate surface area is 104 Å². The SMILES string of the molecule is CC1=Cc2c(Cl)ccc3scc(c23)CN1C. The van der Waals surface area contributed by atoms with Crippen molar-refractivity contribution in [2.75, 3.05) is 7.05 Å². The van der Waals surface area contributed by atoms with E-state index in [4.69, 9.17) is 11.6 Å². The Balaban J connectivity index is 2.43. The van der Waals surface area contributed by atoms with Gasteiger partial charge in [-0.1, -0.05) is 11.6 Å². The summed E-state index contributed by atoms with van der Waals surface area (Å²) in [6.07, 6.45) is 2.19. The van der Waals surface area contributed by atoms with Crippen LogP contribution in [0, 0.1) is 0 Å². The van der Waals surface area contributed by atoms with E-state index < -0.39 is 0 Å². The number of hydrogen-bond donors (Lipinski definition) is 0. The fourth-order valence-corrected chi connectivity index (χ4v) is 3.33. The standard InChI is InChI=1S/C13H12ClNS/c1-8-5-10-11(14)3-4-12-13(10)9(7-16-12)6-15(8)2/h3-5,7H,6H2,1-2H3. The summed E-state index contributed by atoms with van der Waals surface area (Å²) in [5.41, 5.74) is 3.82. The van der Waals surface area contributed by atoms with Gasteiger partial charge in [-0.05, 0) is 36.1 Å². The minimum Gasteiger partial charge on any atom is -0.374 e. The molecule has 0 aliphatic carbocycles. The molecule has 0 bridgehead atoms. The molecule has 1 aliphatic heterocycles. The van der Waals surface area contributed by atoms with Gasteiger partial charge in [0, 0.05) is 40.0 Å². The Hall–Kier alpha value is -0.990. The maximum Gasteiger partial charge on any atom is 0.0486 e. The van der Waals surface area contributed by atoms with Gasteiger partial charge in [-0.3, -0.25) is 0 Å². The second-order valence-electron chi connectivity index (χ2n) is 4.24. The molecular formula is C13H12ClNS. The maximum absolute atomic E-state index is 6.29. The molecule has 0 saturated heterocycles. The van der Waals surface area contributed by atoms with Crippen LogP contribution in [0.2, 0.25) is 5.02 Å². The van der Waals surface area contributed by atoms with Crippen LogP contribution in [0.15, 0.2) is 23.2 Å². The lowest BCUT2D eigenvalue weighted by atomic mass is 10.1. The highest BCUT2D eigenvalue weighted by atomic mass is 35.5. The van der Waals surface area contributed by atoms with Crippen molar-refractivity contribution in [2.45, 2.75) is 13.5 Å². The number of halogens is 1. The van der Waals surface area contributed by atoms with Gasteiger partial charge >= 0.3 is 0 Å². The molecule has 0 spiro atoms. The van der Waals surface area contributed by atoms with E-state index in [9.17, 15) is 0 Å². The lowest BCUT2D eigenvalue weighted by Gasteiger charge is -2.17. The van der Waals surface area contributed by atoms with Crippen molar-refractivity contribution in [2.24, 2.45) is 0 Å². The van der Waals surface area contributed by atoms with Gasteiger partial charge in [0.1, 0.15) is 0 Å². The van der Waals surface area contributed by atoms with Gasteiger partial charge in [0.15, 0.2) is 0 Å². The summed E-state index contributed by atoms with van der Waals surface area (Å²) in [5.74, 6) is 0. The van der Waals surface area contributed by atoms with Gasteiger partial charge in [0.25, 0.3) is 0 Å². The molecule has 0 saturated carbocycles. The zero-order chi connectivity index (χ0) is 11.3. The van der Waals surface area contributed by atoms with Crippen LogP contribution in [0.1, 0.15) is 18.1 Å². The first-order valence-electron chi connectivity index (χ1n) is 5.25. The Bertz CT molecular complexity index is 597. The molecule has 0 radical (unpaired) electrons. The molecule has 1 nitrogen and oxygen atoms in total. The van der Waals surface area contributed by atoms with Gasteiger partial charge in [-0.15, -0.1) is 11.3 Å². The van der Waals surface area contributed by atoms with Crippen molar-refractivity contribution < 1.29 is 0 Å². The predicted octanol–water partition coefficient (Wildman–Crippen LogP) is 4.36. The fourth-order valence-electron chi connectivity index (χ4n) is 2.15. The van der Waals surface area contributed by atoms with Crippen molar-refractivity contribution in [1.29, 1.82) is 0 Å². The molecule has 1 aromatic heterocycles. The van der Waals surface area contributed by atoms with Crippen molar-refractivity contribution >= 4 is 39.1 Å². The third-order valence-electron chi connectivity index (χ3n) is 3.17. The highest BCUT2D eigenvalue weighted by Crippen LogP contribution is 2.37. The predicted molar refractivity (Wildman–Crippen MR) is 72.0 cm³/mol. The van der Waals surface area contributed by atoms with E-state index in [0.717, 1.165) is 11.6 Å². The number of hydrogen-bond acceptors (Lipinski definition) is 2. The Morgan fingerprint density at radius 2 is 2.19 bits per heavy atom. The molecular weight excluding hydrogens is 238 g/mol. The minimum atomic E-state index is 0.849. The molecule has 2 heterocycles. The lowest BCUT2D eigenvalue weighted by molar-refractivity contribution is 0.419. The molecule has 2 aromatic rings. The van der Waals surface area contributed by atoms with Crippen LogP contribution >= 0.6 is 22.9 Å². The summed E-state index contributed by atoms with van der Waals surface area (Å²) in [7, 11) is 2.12. The molecule has 1 aromatic carbocycles. The van der Waals surface area contributed by atoms with Crippen LogP contribution in [0.25, 0.3) is 16.2 Å². The summed E-state index contributed by atoms with van der Waals surface area (Å²) in [6, 6.07) is 4.11. The Morgan fingerprint density at radius 3 is 3.00 bits per heavy atom. The van der Waals surface area contributed by atoms with Gasteiger partial charge in [-0.25, -0.2) is 0 Å². The molecule has 0 fully saturated rings. The second kappa shape index (κ2) is 3.51. The first-order chi connectivity index (χ1) is 7.66. The van der Waals surface area contributed by atoms with Crippen molar-refractivity contribution in [3.05, 3.63) is 39.4 Å². The van der Waals surface area contributed by atoms with Gasteiger partial charge in [0.05, 0.1) is 0 Å². The van der Waals surface area contributed by atoms with E-state index in [1.165, 1.54) is 26.9 Å². The third kappa shape index (κ3) is 1.37. The van der Waals surface area contributed by atoms with Crippen molar-refractivity contribution in [1.82, 2.24) is 4.90 Å². The van der Waals surface area contributed by atoms with Gasteiger partial charge in [0.2, 0.25) is 0 Å². The fraction of sp³-hybridized carbons (Fsp3) is 0.231. The number of rotatable bonds is 0. The molecule has 0 N–H and O–H groups in total. The number of allylic oxidation sites excluding steroid dienone is 1. The van der Waals surface area contributed by atoms with Gasteiger partial charge < -0.3 is 4.90 Å². The van der Waals surface area contributed by atoms with E-state index in [-0.39, 0.29) is 0 Å². The smallest absolute Gasteiger partial charge is 0.0486 e. The third-order valence-corrected chi connectivity index (χ3v) is 4.49. The monoisotopic (exact) mass is 249 g/mol. The molecule has 1 aliphatic rings. The number of thiophene rings is 1. The first-order valence-corrected chi connectivity index (χ1v) is 6.50. The molecule has 0 atom stereocenters. The van der Waals surface area contributed by atoms with Crippen molar-refractivity contribution in [3.63, 3.8) is 0 Å². The molecule has 82 valence electrons. The number of nitrogens with zero attached hydrogens (tertiary/aromatic N) is 1. The van der Waals surface area contributed by atoms with Crippen LogP contribution in [0.5, 0.6) is 0 Å². The van der Waals surface area contributed by atoms with Crippen LogP contribution in [0.3, 0.4) is 0 Å². The van der Waals surface area contributed by atoms with E-state index in [2.05, 4.69) is 36.4 Å². The van der Waals surface area contributed by atoms with Crippen LogP contribution in [-0.4, -0.2) is 11.9 Å². The van der Waals surface area contributed by atoms with Crippen LogP contribution in [0.4, 0.5) is 0 Å². The first kappa shape index (κ1) is 10.2. The highest BCUT2D eigenvalue weighted by Gasteiger charge is 2.16. The summed E-state index contributed by atoms with van der Waals surface area (Å²) in [5, 5.41) is 4.43. The molecule has 16 heavy (non-hydrogen) atoms. The van der Waals surface area contributed by atoms with E-state index in [1.54, 1.807) is 11.3 Å². The summed E-state index contributed by atoms with van der Waals surface area (Å²) in [4.78, 5) is 2.26. The van der Waals surface area contributed by atoms with E-state index >= 15 is 0 Å². The summed E-state index contributed by atoms with van der Waals surface area (Å²) >= 11 is 8.09. The average molecular weight is 250 g/mol. The minimum absolute atomic E-state index is 0.849. The normalized spacial score (nSPS) is 15.2. The number of benzene rings is 1. The zero-order valence-electron chi connectivity index (χ0n) is 9.25. The molecule has 3 rings (SSSR count). The topological polar surface area (TPSA) is 3.24 Å². The van der Waals surface area contributed by atoms with E-state index in [0.29, 0.717) is 0 Å². The highest BCUT2D eigenvalue weighted by molar-refractivity contribution is 7.17. The lowest BCUT2D eigenvalue weighted by Crippen LogP contribution is -2.13. The molecule has 0 amide bonds. The quantitative estimate of drug-likeness (QED) is 0.671. The summed E-state index contributed by atoms with van der Waals surface area (Å²) < 4.78 is 1.33. The largest absolute Gasteiger partial charge is 0.374 e. The average Bonchev–Trinajstić information content (AvgIpc) is 2.60. The molecule has 0 unspecified atom stereocenters. The second-order valence-corrected chi connectivity index (χ2v) is 5.56. The Kier molecular flexibility index (Phi) is 2.23. The Morgan fingerprint density at radius 1 is 1.38 bits per heavy atom. The summed E-state index contributed by atoms with van der Waals surface area (Å²) in [6.45, 7) is 3.10. The van der Waals surface area contributed by atoms with Crippen LogP contribution in [-0.2, 0) is 6.54 Å². The maximum atomic E-state index is 6.29. The van der Waals surface area contributed by atoms with Crippen molar-refractivity contribution in [3.8, 4) is 0 Å². The van der Waals surface area contributed by atoms with E-state index in [1.807, 2.05) is 6.07 Å².